The Kier molecular flexibility index (Phi) is 4.23. The number of rotatable bonds is 4. The third-order valence-electron chi connectivity index (χ3n) is 2.94. The lowest BCUT2D eigenvalue weighted by Crippen LogP contribution is -2.24. The molecule has 0 spiro atoms. The number of carbonyl (C=O) groups is 1. The lowest BCUT2D eigenvalue weighted by atomic mass is 10.1. The van der Waals surface area contributed by atoms with Crippen molar-refractivity contribution in [3.8, 4) is 0 Å². The van der Waals surface area contributed by atoms with Gasteiger partial charge >= 0.3 is 0 Å². The topological polar surface area (TPSA) is 42.0 Å². The van der Waals surface area contributed by atoms with Crippen LogP contribution in [-0.2, 0) is 13.0 Å². The van der Waals surface area contributed by atoms with Crippen LogP contribution in [0.1, 0.15) is 28.4 Å². The second-order valence-electron chi connectivity index (χ2n) is 4.15. The van der Waals surface area contributed by atoms with Crippen LogP contribution in [0.3, 0.4) is 0 Å². The number of aryl methyl sites for hydroxylation is 1. The predicted molar refractivity (Wildman–Crippen MR) is 71.2 cm³/mol. The minimum absolute atomic E-state index is 0.0310. The number of nitrogens with one attached hydrogen (secondary N) is 1. The zero-order valence-corrected chi connectivity index (χ0v) is 10.7. The summed E-state index contributed by atoms with van der Waals surface area (Å²) >= 11 is 0. The van der Waals surface area contributed by atoms with Gasteiger partial charge in [0.2, 0.25) is 5.95 Å². The van der Waals surface area contributed by atoms with Gasteiger partial charge in [0, 0.05) is 12.7 Å². The summed E-state index contributed by atoms with van der Waals surface area (Å²) in [5.41, 5.74) is 2.19. The van der Waals surface area contributed by atoms with Crippen molar-refractivity contribution in [2.45, 2.75) is 19.9 Å². The fourth-order valence-corrected chi connectivity index (χ4v) is 1.90. The highest BCUT2D eigenvalue weighted by molar-refractivity contribution is 5.94. The van der Waals surface area contributed by atoms with E-state index in [-0.39, 0.29) is 5.56 Å². The summed E-state index contributed by atoms with van der Waals surface area (Å²) in [5.74, 6) is -1.19. The molecule has 0 saturated heterocycles. The highest BCUT2D eigenvalue weighted by Gasteiger charge is 2.11. The molecule has 1 amide bonds. The smallest absolute Gasteiger partial charge is 0.256 e. The van der Waals surface area contributed by atoms with Crippen molar-refractivity contribution in [1.82, 2.24) is 10.3 Å². The maximum Gasteiger partial charge on any atom is 0.256 e. The van der Waals surface area contributed by atoms with Crippen LogP contribution in [0, 0.1) is 5.95 Å². The molecular formula is C15H15FN2O. The minimum Gasteiger partial charge on any atom is -0.348 e. The monoisotopic (exact) mass is 258 g/mol. The van der Waals surface area contributed by atoms with E-state index in [1.54, 1.807) is 0 Å². The Morgan fingerprint density at radius 2 is 1.95 bits per heavy atom. The van der Waals surface area contributed by atoms with Crippen molar-refractivity contribution in [1.29, 1.82) is 0 Å². The summed E-state index contributed by atoms with van der Waals surface area (Å²) in [7, 11) is 0. The molecule has 2 aromatic rings. The molecule has 4 heteroatoms. The summed E-state index contributed by atoms with van der Waals surface area (Å²) < 4.78 is 13.3. The SMILES string of the molecule is CCc1ccccc1CNC(=O)c1cccnc1F. The van der Waals surface area contributed by atoms with E-state index in [0.717, 1.165) is 12.0 Å². The summed E-state index contributed by atoms with van der Waals surface area (Å²) in [5, 5.41) is 2.71. The zero-order chi connectivity index (χ0) is 13.7. The lowest BCUT2D eigenvalue weighted by molar-refractivity contribution is 0.0946. The molecule has 0 atom stereocenters. The quantitative estimate of drug-likeness (QED) is 0.857. The maximum absolute atomic E-state index is 13.3. The molecule has 1 N–H and O–H groups in total. The predicted octanol–water partition coefficient (Wildman–Crippen LogP) is 2.71. The summed E-state index contributed by atoms with van der Waals surface area (Å²) in [4.78, 5) is 15.3. The maximum atomic E-state index is 13.3. The molecule has 3 nitrogen and oxygen atoms in total. The van der Waals surface area contributed by atoms with E-state index < -0.39 is 11.9 Å². The van der Waals surface area contributed by atoms with Crippen LogP contribution in [0.15, 0.2) is 42.6 Å². The number of pyridine rings is 1. The summed E-state index contributed by atoms with van der Waals surface area (Å²) in [6.07, 6.45) is 2.21. The Hall–Kier alpha value is -2.23. The van der Waals surface area contributed by atoms with Crippen molar-refractivity contribution < 1.29 is 9.18 Å². The van der Waals surface area contributed by atoms with Crippen LogP contribution < -0.4 is 5.32 Å². The molecule has 19 heavy (non-hydrogen) atoms. The number of hydrogen-bond acceptors (Lipinski definition) is 2. The van der Waals surface area contributed by atoms with E-state index in [1.165, 1.54) is 23.9 Å². The second kappa shape index (κ2) is 6.09. The van der Waals surface area contributed by atoms with Gasteiger partial charge in [0.15, 0.2) is 0 Å². The van der Waals surface area contributed by atoms with Crippen molar-refractivity contribution in [3.05, 3.63) is 65.2 Å². The van der Waals surface area contributed by atoms with Crippen molar-refractivity contribution in [3.63, 3.8) is 0 Å². The number of hydrogen-bond donors (Lipinski definition) is 1. The van der Waals surface area contributed by atoms with Gasteiger partial charge in [0.05, 0.1) is 5.56 Å². The van der Waals surface area contributed by atoms with E-state index in [1.807, 2.05) is 24.3 Å². The molecule has 0 radical (unpaired) electrons. The highest BCUT2D eigenvalue weighted by atomic mass is 19.1. The van der Waals surface area contributed by atoms with Crippen LogP contribution in [0.25, 0.3) is 0 Å². The molecule has 1 heterocycles. The van der Waals surface area contributed by atoms with Gasteiger partial charge < -0.3 is 5.32 Å². The Morgan fingerprint density at radius 3 is 2.63 bits per heavy atom. The second-order valence-corrected chi connectivity index (χ2v) is 4.15. The molecule has 0 bridgehead atoms. The van der Waals surface area contributed by atoms with Gasteiger partial charge in [-0.15, -0.1) is 0 Å². The number of nitrogens with zero attached hydrogens (tertiary/aromatic N) is 1. The first-order valence-electron chi connectivity index (χ1n) is 6.18. The fraction of sp³-hybridized carbons (Fsp3) is 0.200. The third kappa shape index (κ3) is 3.16. The summed E-state index contributed by atoms with van der Waals surface area (Å²) in [6, 6.07) is 10.8. The van der Waals surface area contributed by atoms with E-state index in [2.05, 4.69) is 17.2 Å². The molecule has 0 fully saturated rings. The average Bonchev–Trinajstić information content (AvgIpc) is 2.45. The minimum atomic E-state index is -0.747. The van der Waals surface area contributed by atoms with Crippen molar-refractivity contribution in [2.24, 2.45) is 0 Å². The molecule has 0 saturated carbocycles. The largest absolute Gasteiger partial charge is 0.348 e. The molecule has 1 aromatic heterocycles. The van der Waals surface area contributed by atoms with Crippen LogP contribution >= 0.6 is 0 Å². The summed E-state index contributed by atoms with van der Waals surface area (Å²) in [6.45, 7) is 2.44. The van der Waals surface area contributed by atoms with Crippen molar-refractivity contribution >= 4 is 5.91 Å². The van der Waals surface area contributed by atoms with Crippen LogP contribution in [0.4, 0.5) is 4.39 Å². The normalized spacial score (nSPS) is 10.2. The molecule has 0 aliphatic rings. The van der Waals surface area contributed by atoms with E-state index in [9.17, 15) is 9.18 Å². The number of benzene rings is 1. The number of amides is 1. The molecule has 2 rings (SSSR count). The molecule has 0 aliphatic carbocycles. The van der Waals surface area contributed by atoms with Gasteiger partial charge in [-0.3, -0.25) is 4.79 Å². The van der Waals surface area contributed by atoms with E-state index >= 15 is 0 Å². The first-order valence-corrected chi connectivity index (χ1v) is 6.18. The van der Waals surface area contributed by atoms with Gasteiger partial charge in [0.1, 0.15) is 0 Å². The molecule has 0 aliphatic heterocycles. The first kappa shape index (κ1) is 13.2. The molecule has 98 valence electrons. The van der Waals surface area contributed by atoms with Gasteiger partial charge in [-0.25, -0.2) is 4.98 Å². The zero-order valence-electron chi connectivity index (χ0n) is 10.7. The standard InChI is InChI=1S/C15H15FN2O/c1-2-11-6-3-4-7-12(11)10-18-15(19)13-8-5-9-17-14(13)16/h3-9H,2,10H2,1H3,(H,18,19). The highest BCUT2D eigenvalue weighted by Crippen LogP contribution is 2.10. The van der Waals surface area contributed by atoms with E-state index in [4.69, 9.17) is 0 Å². The van der Waals surface area contributed by atoms with Crippen molar-refractivity contribution in [2.75, 3.05) is 0 Å². The molecular weight excluding hydrogens is 243 g/mol. The van der Waals surface area contributed by atoms with Crippen LogP contribution in [-0.4, -0.2) is 10.9 Å². The van der Waals surface area contributed by atoms with Crippen LogP contribution in [0.2, 0.25) is 0 Å². The number of carbonyl (C=O) groups excluding carboxylic acids is 1. The lowest BCUT2D eigenvalue weighted by Gasteiger charge is -2.09. The number of aromatic nitrogens is 1. The van der Waals surface area contributed by atoms with Gasteiger partial charge in [-0.05, 0) is 29.7 Å². The van der Waals surface area contributed by atoms with E-state index in [0.29, 0.717) is 6.54 Å². The van der Waals surface area contributed by atoms with Gasteiger partial charge in [-0.1, -0.05) is 31.2 Å². The Bertz CT molecular complexity index is 584. The van der Waals surface area contributed by atoms with Gasteiger partial charge in [-0.2, -0.15) is 4.39 Å². The van der Waals surface area contributed by atoms with Gasteiger partial charge in [0.25, 0.3) is 5.91 Å². The fourth-order valence-electron chi connectivity index (χ4n) is 1.90. The Morgan fingerprint density at radius 1 is 1.21 bits per heavy atom. The average molecular weight is 258 g/mol. The first-order chi connectivity index (χ1) is 9.22. The Labute approximate surface area is 111 Å². The number of halogens is 1. The third-order valence-corrected chi connectivity index (χ3v) is 2.94. The molecule has 1 aromatic carbocycles. The Balaban J connectivity index is 2.07. The molecule has 0 unspecified atom stereocenters. The van der Waals surface area contributed by atoms with Crippen LogP contribution in [0.5, 0.6) is 0 Å².